The summed E-state index contributed by atoms with van der Waals surface area (Å²) in [6, 6.07) is 13.9. The highest BCUT2D eigenvalue weighted by Crippen LogP contribution is 2.35. The molecule has 0 spiro atoms. The van der Waals surface area contributed by atoms with Crippen molar-refractivity contribution in [3.63, 3.8) is 0 Å². The predicted octanol–water partition coefficient (Wildman–Crippen LogP) is 4.47. The van der Waals surface area contributed by atoms with Gasteiger partial charge in [-0.05, 0) is 48.0 Å². The molecule has 1 fully saturated rings. The summed E-state index contributed by atoms with van der Waals surface area (Å²) in [4.78, 5) is 16.9. The van der Waals surface area contributed by atoms with Crippen LogP contribution in [0.1, 0.15) is 24.6 Å². The predicted molar refractivity (Wildman–Crippen MR) is 129 cm³/mol. The first-order chi connectivity index (χ1) is 17.4. The summed E-state index contributed by atoms with van der Waals surface area (Å²) in [6.07, 6.45) is 0.861. The fourth-order valence-corrected chi connectivity index (χ4v) is 3.76. The third-order valence-electron chi connectivity index (χ3n) is 5.89. The van der Waals surface area contributed by atoms with E-state index in [-0.39, 0.29) is 18.2 Å². The van der Waals surface area contributed by atoms with Gasteiger partial charge in [0.15, 0.2) is 5.82 Å². The topological polar surface area (TPSA) is 105 Å². The number of rotatable bonds is 7. The van der Waals surface area contributed by atoms with Crippen molar-refractivity contribution < 1.29 is 23.4 Å². The Hall–Kier alpha value is -3.73. The van der Waals surface area contributed by atoms with Crippen molar-refractivity contribution in [3.05, 3.63) is 83.8 Å². The van der Waals surface area contributed by atoms with E-state index in [1.807, 2.05) is 6.92 Å². The zero-order valence-corrected chi connectivity index (χ0v) is 19.5. The van der Waals surface area contributed by atoms with Crippen molar-refractivity contribution in [3.8, 4) is 22.6 Å². The number of halogens is 2. The summed E-state index contributed by atoms with van der Waals surface area (Å²) in [6.45, 7) is 2.85. The molecule has 1 aliphatic heterocycles. The van der Waals surface area contributed by atoms with Crippen molar-refractivity contribution in [2.75, 3.05) is 25.1 Å². The molecule has 0 amide bonds. The van der Waals surface area contributed by atoms with Crippen molar-refractivity contribution in [1.82, 2.24) is 19.9 Å². The zero-order valence-electron chi connectivity index (χ0n) is 19.5. The van der Waals surface area contributed by atoms with Gasteiger partial charge >= 0.3 is 0 Å². The van der Waals surface area contributed by atoms with Gasteiger partial charge in [0.2, 0.25) is 12.2 Å². The van der Waals surface area contributed by atoms with Crippen LogP contribution in [0.2, 0.25) is 0 Å². The lowest BCUT2D eigenvalue weighted by Gasteiger charge is -2.35. The average molecular weight is 494 g/mol. The van der Waals surface area contributed by atoms with Crippen molar-refractivity contribution >= 4 is 5.95 Å². The number of aromatic amines is 1. The number of aliphatic hydroxyl groups is 1. The molecule has 5 rings (SSSR count). The summed E-state index contributed by atoms with van der Waals surface area (Å²) in [5, 5.41) is 12.7. The van der Waals surface area contributed by atoms with E-state index < -0.39 is 11.7 Å². The van der Waals surface area contributed by atoms with E-state index >= 15 is 0 Å². The third-order valence-corrected chi connectivity index (χ3v) is 5.89. The molecule has 0 bridgehead atoms. The van der Waals surface area contributed by atoms with Crippen LogP contribution in [0.5, 0.6) is 0 Å². The minimum absolute atomic E-state index is 0.0570. The highest BCUT2D eigenvalue weighted by molar-refractivity contribution is 5.77. The number of imidazole rings is 1. The number of nitrogens with one attached hydrogen (secondary N) is 2. The molecule has 186 valence electrons. The quantitative estimate of drug-likeness (QED) is 0.349. The summed E-state index contributed by atoms with van der Waals surface area (Å²) in [7, 11) is 0. The lowest BCUT2D eigenvalue weighted by molar-refractivity contribution is -0.239. The van der Waals surface area contributed by atoms with Gasteiger partial charge in [-0.15, -0.1) is 0 Å². The largest absolute Gasteiger partial charge is 0.396 e. The molecule has 2 aromatic heterocycles. The van der Waals surface area contributed by atoms with Crippen LogP contribution in [0, 0.1) is 17.0 Å². The first-order valence-electron chi connectivity index (χ1n) is 11.4. The Morgan fingerprint density at radius 2 is 1.67 bits per heavy atom. The van der Waals surface area contributed by atoms with E-state index in [0.717, 1.165) is 5.56 Å². The highest BCUT2D eigenvalue weighted by atomic mass is 19.1. The molecule has 0 unspecified atom stereocenters. The maximum Gasteiger partial charge on any atom is 0.223 e. The molecule has 0 aliphatic carbocycles. The number of benzene rings is 2. The standard InChI is InChI=1S/C26H25F2N5O3/c1-26(13-34)14-35-24(36-15-26)23-32-21(17-4-8-19(28)9-5-17)22(33-23)20-10-11-29-25(31-20)30-12-16-2-6-18(27)7-3-16/h2-11,24,34H,12-15H2,1H3,(H,32,33)(H,29,30,31). The number of ether oxygens (including phenoxy) is 2. The molecule has 2 aromatic carbocycles. The number of aromatic nitrogens is 4. The van der Waals surface area contributed by atoms with Gasteiger partial charge in [0.1, 0.15) is 11.6 Å². The molecule has 0 atom stereocenters. The Labute approximate surface area is 206 Å². The van der Waals surface area contributed by atoms with E-state index in [0.29, 0.717) is 54.2 Å². The average Bonchev–Trinajstić information content (AvgIpc) is 3.35. The maximum atomic E-state index is 13.6. The Kier molecular flexibility index (Phi) is 6.73. The van der Waals surface area contributed by atoms with E-state index in [1.54, 1.807) is 36.5 Å². The maximum absolute atomic E-state index is 13.6. The van der Waals surface area contributed by atoms with Gasteiger partial charge in [0, 0.05) is 23.7 Å². The Balaban J connectivity index is 1.44. The van der Waals surface area contributed by atoms with Crippen molar-refractivity contribution in [2.24, 2.45) is 5.41 Å². The monoisotopic (exact) mass is 493 g/mol. The van der Waals surface area contributed by atoms with Crippen LogP contribution >= 0.6 is 0 Å². The second-order valence-electron chi connectivity index (χ2n) is 9.02. The number of hydrogen-bond donors (Lipinski definition) is 3. The summed E-state index contributed by atoms with van der Waals surface area (Å²) in [5.74, 6) is 0.158. The van der Waals surface area contributed by atoms with E-state index in [1.165, 1.54) is 24.3 Å². The fraction of sp³-hybridized carbons (Fsp3) is 0.269. The lowest BCUT2D eigenvalue weighted by Crippen LogP contribution is -2.39. The molecule has 0 saturated carbocycles. The summed E-state index contributed by atoms with van der Waals surface area (Å²) < 4.78 is 38.5. The molecule has 36 heavy (non-hydrogen) atoms. The normalized spacial score (nSPS) is 19.8. The van der Waals surface area contributed by atoms with E-state index in [4.69, 9.17) is 14.5 Å². The van der Waals surface area contributed by atoms with Crippen LogP contribution < -0.4 is 5.32 Å². The van der Waals surface area contributed by atoms with Crippen LogP contribution in [-0.4, -0.2) is 44.9 Å². The molecule has 3 N–H and O–H groups in total. The van der Waals surface area contributed by atoms with Crippen LogP contribution in [0.15, 0.2) is 60.8 Å². The first kappa shape index (κ1) is 24.0. The number of anilines is 1. The Morgan fingerprint density at radius 1 is 1.00 bits per heavy atom. The molecule has 8 nitrogen and oxygen atoms in total. The van der Waals surface area contributed by atoms with Gasteiger partial charge in [0.25, 0.3) is 0 Å². The minimum Gasteiger partial charge on any atom is -0.396 e. The number of hydrogen-bond acceptors (Lipinski definition) is 7. The van der Waals surface area contributed by atoms with Gasteiger partial charge in [-0.3, -0.25) is 0 Å². The molecular formula is C26H25F2N5O3. The molecule has 1 saturated heterocycles. The molecule has 3 heterocycles. The van der Waals surface area contributed by atoms with E-state index in [2.05, 4.69) is 20.3 Å². The molecule has 1 aliphatic rings. The van der Waals surface area contributed by atoms with Gasteiger partial charge in [-0.1, -0.05) is 19.1 Å². The van der Waals surface area contributed by atoms with Crippen LogP contribution in [0.25, 0.3) is 22.6 Å². The Bertz CT molecular complexity index is 1320. The number of nitrogens with zero attached hydrogens (tertiary/aromatic N) is 3. The summed E-state index contributed by atoms with van der Waals surface area (Å²) in [5.41, 5.74) is 2.78. The number of aliphatic hydroxyl groups excluding tert-OH is 1. The van der Waals surface area contributed by atoms with Crippen molar-refractivity contribution in [2.45, 2.75) is 19.8 Å². The SMILES string of the molecule is CC1(CO)COC(c2nc(-c3ccc(F)cc3)c(-c3ccnc(NCc4ccc(F)cc4)n3)[nH]2)OC1. The molecule has 10 heteroatoms. The first-order valence-corrected chi connectivity index (χ1v) is 11.4. The molecule has 0 radical (unpaired) electrons. The van der Waals surface area contributed by atoms with Gasteiger partial charge in [0.05, 0.1) is 36.9 Å². The molecular weight excluding hydrogens is 468 g/mol. The third kappa shape index (κ3) is 5.25. The van der Waals surface area contributed by atoms with Crippen LogP contribution in [0.4, 0.5) is 14.7 Å². The summed E-state index contributed by atoms with van der Waals surface area (Å²) >= 11 is 0. The second kappa shape index (κ2) is 10.1. The van der Waals surface area contributed by atoms with Gasteiger partial charge in [-0.25, -0.2) is 23.7 Å². The molecule has 4 aromatic rings. The number of H-pyrrole nitrogens is 1. The smallest absolute Gasteiger partial charge is 0.223 e. The van der Waals surface area contributed by atoms with Gasteiger partial charge < -0.3 is 24.9 Å². The fourth-order valence-electron chi connectivity index (χ4n) is 3.76. The lowest BCUT2D eigenvalue weighted by atomic mass is 9.94. The van der Waals surface area contributed by atoms with Crippen LogP contribution in [0.3, 0.4) is 0 Å². The van der Waals surface area contributed by atoms with E-state index in [9.17, 15) is 13.9 Å². The zero-order chi connectivity index (χ0) is 25.1. The van der Waals surface area contributed by atoms with Crippen molar-refractivity contribution in [1.29, 1.82) is 0 Å². The second-order valence-corrected chi connectivity index (χ2v) is 9.02. The Morgan fingerprint density at radius 3 is 2.33 bits per heavy atom. The van der Waals surface area contributed by atoms with Gasteiger partial charge in [-0.2, -0.15) is 0 Å². The minimum atomic E-state index is -0.754. The van der Waals surface area contributed by atoms with Crippen LogP contribution in [-0.2, 0) is 16.0 Å². The highest BCUT2D eigenvalue weighted by Gasteiger charge is 2.34.